The maximum Gasteiger partial charge on any atom is 0.412 e. The normalized spacial score (nSPS) is 11.2. The molecule has 5 heteroatoms. The van der Waals surface area contributed by atoms with Crippen LogP contribution < -0.4 is 10.6 Å². The van der Waals surface area contributed by atoms with E-state index >= 15 is 0 Å². The van der Waals surface area contributed by atoms with E-state index in [2.05, 4.69) is 22.5 Å². The van der Waals surface area contributed by atoms with Crippen LogP contribution in [0.2, 0.25) is 0 Å². The van der Waals surface area contributed by atoms with Crippen molar-refractivity contribution in [1.82, 2.24) is 10.3 Å². The van der Waals surface area contributed by atoms with Crippen LogP contribution in [0.3, 0.4) is 0 Å². The summed E-state index contributed by atoms with van der Waals surface area (Å²) in [5.41, 5.74) is 1.17. The van der Waals surface area contributed by atoms with Crippen LogP contribution in [-0.2, 0) is 11.3 Å². The molecule has 2 N–H and O–H groups in total. The molecule has 0 unspecified atom stereocenters. The van der Waals surface area contributed by atoms with Crippen molar-refractivity contribution < 1.29 is 9.53 Å². The van der Waals surface area contributed by atoms with Gasteiger partial charge in [-0.05, 0) is 45.4 Å². The van der Waals surface area contributed by atoms with Crippen molar-refractivity contribution in [1.29, 1.82) is 0 Å². The third kappa shape index (κ3) is 6.76. The van der Waals surface area contributed by atoms with Gasteiger partial charge in [0.1, 0.15) is 5.60 Å². The van der Waals surface area contributed by atoms with Gasteiger partial charge in [-0.3, -0.25) is 10.3 Å². The first-order valence-corrected chi connectivity index (χ1v) is 6.55. The van der Waals surface area contributed by atoms with Crippen molar-refractivity contribution in [2.24, 2.45) is 0 Å². The van der Waals surface area contributed by atoms with Crippen LogP contribution >= 0.6 is 0 Å². The van der Waals surface area contributed by atoms with Gasteiger partial charge in [-0.2, -0.15) is 0 Å². The van der Waals surface area contributed by atoms with E-state index in [1.165, 1.54) is 0 Å². The molecule has 0 radical (unpaired) electrons. The molecule has 0 aromatic carbocycles. The summed E-state index contributed by atoms with van der Waals surface area (Å²) in [6.45, 7) is 9.31. The number of rotatable bonds is 5. The topological polar surface area (TPSA) is 63.2 Å². The van der Waals surface area contributed by atoms with Crippen molar-refractivity contribution in [3.8, 4) is 0 Å². The van der Waals surface area contributed by atoms with E-state index in [4.69, 9.17) is 4.74 Å². The van der Waals surface area contributed by atoms with E-state index in [0.717, 1.165) is 25.1 Å². The molecule has 0 atom stereocenters. The number of nitrogens with zero attached hydrogens (tertiary/aromatic N) is 1. The van der Waals surface area contributed by atoms with Crippen LogP contribution in [0.4, 0.5) is 10.5 Å². The quantitative estimate of drug-likeness (QED) is 0.803. The van der Waals surface area contributed by atoms with Crippen molar-refractivity contribution in [3.63, 3.8) is 0 Å². The Hall–Kier alpha value is -1.62. The lowest BCUT2D eigenvalue weighted by Crippen LogP contribution is -2.27. The number of hydrogen-bond acceptors (Lipinski definition) is 4. The average Bonchev–Trinajstić information content (AvgIpc) is 2.27. The van der Waals surface area contributed by atoms with Crippen LogP contribution in [0.1, 0.15) is 39.7 Å². The number of carbonyl (C=O) groups is 1. The molecule has 5 nitrogen and oxygen atoms in total. The molecule has 1 aromatic rings. The summed E-state index contributed by atoms with van der Waals surface area (Å²) in [5, 5.41) is 5.96. The maximum absolute atomic E-state index is 11.6. The minimum Gasteiger partial charge on any atom is -0.444 e. The van der Waals surface area contributed by atoms with Gasteiger partial charge in [0.25, 0.3) is 0 Å². The Morgan fingerprint density at radius 1 is 1.37 bits per heavy atom. The van der Waals surface area contributed by atoms with Gasteiger partial charge >= 0.3 is 6.09 Å². The Kier molecular flexibility index (Phi) is 5.76. The van der Waals surface area contributed by atoms with E-state index in [1.807, 2.05) is 26.8 Å². The Balaban J connectivity index is 2.54. The third-order valence-electron chi connectivity index (χ3n) is 2.20. The first-order chi connectivity index (χ1) is 8.90. The van der Waals surface area contributed by atoms with Gasteiger partial charge in [0.05, 0.1) is 11.9 Å². The van der Waals surface area contributed by atoms with Gasteiger partial charge < -0.3 is 10.1 Å². The second kappa shape index (κ2) is 7.09. The molecule has 0 saturated carbocycles. The molecule has 0 bridgehead atoms. The summed E-state index contributed by atoms with van der Waals surface area (Å²) in [4.78, 5) is 15.7. The molecular weight excluding hydrogens is 242 g/mol. The molecule has 106 valence electrons. The van der Waals surface area contributed by atoms with E-state index in [0.29, 0.717) is 5.69 Å². The fourth-order valence-electron chi connectivity index (χ4n) is 1.48. The van der Waals surface area contributed by atoms with E-state index in [-0.39, 0.29) is 0 Å². The molecule has 0 fully saturated rings. The lowest BCUT2D eigenvalue weighted by atomic mass is 10.2. The van der Waals surface area contributed by atoms with Crippen molar-refractivity contribution in [3.05, 3.63) is 24.0 Å². The highest BCUT2D eigenvalue weighted by Gasteiger charge is 2.16. The second-order valence-electron chi connectivity index (χ2n) is 5.39. The standard InChI is InChI=1S/C14H23N3O2/c1-5-6-15-8-11-7-12(10-16-9-11)17-13(18)19-14(2,3)4/h7,9-10,15H,5-6,8H2,1-4H3,(H,17,18). The van der Waals surface area contributed by atoms with Gasteiger partial charge in [0.15, 0.2) is 0 Å². The molecule has 0 saturated heterocycles. The Morgan fingerprint density at radius 3 is 2.74 bits per heavy atom. The van der Waals surface area contributed by atoms with E-state index < -0.39 is 11.7 Å². The monoisotopic (exact) mass is 265 g/mol. The average molecular weight is 265 g/mol. The van der Waals surface area contributed by atoms with Gasteiger partial charge in [-0.25, -0.2) is 4.79 Å². The number of pyridine rings is 1. The summed E-state index contributed by atoms with van der Waals surface area (Å²) < 4.78 is 5.19. The number of aromatic nitrogens is 1. The van der Waals surface area contributed by atoms with Gasteiger partial charge in [-0.15, -0.1) is 0 Å². The molecule has 1 aromatic heterocycles. The third-order valence-corrected chi connectivity index (χ3v) is 2.20. The summed E-state index contributed by atoms with van der Waals surface area (Å²) in [6.07, 6.45) is 4.01. The first-order valence-electron chi connectivity index (χ1n) is 6.55. The van der Waals surface area contributed by atoms with Crippen LogP contribution in [-0.4, -0.2) is 23.2 Å². The Bertz CT molecular complexity index is 413. The molecule has 0 aliphatic rings. The van der Waals surface area contributed by atoms with Crippen LogP contribution in [0.5, 0.6) is 0 Å². The van der Waals surface area contributed by atoms with Gasteiger partial charge in [0, 0.05) is 12.7 Å². The summed E-state index contributed by atoms with van der Waals surface area (Å²) >= 11 is 0. The Labute approximate surface area is 114 Å². The predicted molar refractivity (Wildman–Crippen MR) is 76.1 cm³/mol. The zero-order valence-electron chi connectivity index (χ0n) is 12.1. The van der Waals surface area contributed by atoms with Crippen molar-refractivity contribution in [2.75, 3.05) is 11.9 Å². The first kappa shape index (κ1) is 15.4. The summed E-state index contributed by atoms with van der Waals surface area (Å²) in [6, 6.07) is 1.89. The number of nitrogens with one attached hydrogen (secondary N) is 2. The molecule has 1 heterocycles. The summed E-state index contributed by atoms with van der Waals surface area (Å²) in [5.74, 6) is 0. The minimum absolute atomic E-state index is 0.465. The van der Waals surface area contributed by atoms with E-state index in [1.54, 1.807) is 12.4 Å². The predicted octanol–water partition coefficient (Wildman–Crippen LogP) is 2.93. The smallest absolute Gasteiger partial charge is 0.412 e. The second-order valence-corrected chi connectivity index (χ2v) is 5.39. The lowest BCUT2D eigenvalue weighted by molar-refractivity contribution is 0.0636. The molecular formula is C14H23N3O2. The van der Waals surface area contributed by atoms with Gasteiger partial charge in [-0.1, -0.05) is 6.92 Å². The number of carbonyl (C=O) groups excluding carboxylic acids is 1. The fourth-order valence-corrected chi connectivity index (χ4v) is 1.48. The molecule has 0 aliphatic carbocycles. The number of hydrogen-bond donors (Lipinski definition) is 2. The molecule has 0 aliphatic heterocycles. The largest absolute Gasteiger partial charge is 0.444 e. The van der Waals surface area contributed by atoms with Crippen LogP contribution in [0, 0.1) is 0 Å². The van der Waals surface area contributed by atoms with Crippen LogP contribution in [0.15, 0.2) is 18.5 Å². The highest BCUT2D eigenvalue weighted by atomic mass is 16.6. The number of amides is 1. The fraction of sp³-hybridized carbons (Fsp3) is 0.571. The Morgan fingerprint density at radius 2 is 2.11 bits per heavy atom. The lowest BCUT2D eigenvalue weighted by Gasteiger charge is -2.19. The highest BCUT2D eigenvalue weighted by Crippen LogP contribution is 2.12. The molecule has 1 rings (SSSR count). The molecule has 1 amide bonds. The zero-order valence-corrected chi connectivity index (χ0v) is 12.1. The minimum atomic E-state index is -0.502. The summed E-state index contributed by atoms with van der Waals surface area (Å²) in [7, 11) is 0. The highest BCUT2D eigenvalue weighted by molar-refractivity contribution is 5.84. The van der Waals surface area contributed by atoms with Crippen molar-refractivity contribution >= 4 is 11.8 Å². The zero-order chi connectivity index (χ0) is 14.3. The molecule has 19 heavy (non-hydrogen) atoms. The number of ether oxygens (including phenoxy) is 1. The maximum atomic E-state index is 11.6. The SMILES string of the molecule is CCCNCc1cncc(NC(=O)OC(C)(C)C)c1. The van der Waals surface area contributed by atoms with E-state index in [9.17, 15) is 4.79 Å². The van der Waals surface area contributed by atoms with Crippen molar-refractivity contribution in [2.45, 2.75) is 46.3 Å². The number of anilines is 1. The van der Waals surface area contributed by atoms with Crippen LogP contribution in [0.25, 0.3) is 0 Å². The van der Waals surface area contributed by atoms with Gasteiger partial charge in [0.2, 0.25) is 0 Å². The molecule has 0 spiro atoms.